The molecular weight excluding hydrogens is 446 g/mol. The molecule has 1 aliphatic rings. The van der Waals surface area contributed by atoms with Crippen molar-refractivity contribution in [1.82, 2.24) is 4.90 Å². The second-order valence-corrected chi connectivity index (χ2v) is 15.3. The zero-order chi connectivity index (χ0) is 25.0. The van der Waals surface area contributed by atoms with Crippen LogP contribution < -0.4 is 4.74 Å². The third-order valence-electron chi connectivity index (χ3n) is 7.07. The van der Waals surface area contributed by atoms with Gasteiger partial charge >= 0.3 is 0 Å². The maximum atomic E-state index is 13.1. The van der Waals surface area contributed by atoms with Crippen LogP contribution in [0.2, 0.25) is 18.1 Å². The highest BCUT2D eigenvalue weighted by molar-refractivity contribution is 6.74. The molecule has 1 amide bonds. The summed E-state index contributed by atoms with van der Waals surface area (Å²) >= 11 is 0. The van der Waals surface area contributed by atoms with Crippen molar-refractivity contribution in [3.05, 3.63) is 65.7 Å². The molecular formula is C27H39NO5Si. The molecule has 186 valence electrons. The van der Waals surface area contributed by atoms with Crippen molar-refractivity contribution >= 4 is 14.2 Å². The molecule has 1 heterocycles. The van der Waals surface area contributed by atoms with Gasteiger partial charge in [-0.05, 0) is 47.8 Å². The summed E-state index contributed by atoms with van der Waals surface area (Å²) in [5, 5.41) is 12.1. The summed E-state index contributed by atoms with van der Waals surface area (Å²) in [5.41, 5.74) is 0.347. The molecule has 7 heteroatoms. The van der Waals surface area contributed by atoms with Crippen molar-refractivity contribution in [3.63, 3.8) is 0 Å². The van der Waals surface area contributed by atoms with Gasteiger partial charge in [0.2, 0.25) is 5.91 Å². The minimum absolute atomic E-state index is 0.0247. The number of rotatable bonds is 9. The third kappa shape index (κ3) is 6.08. The summed E-state index contributed by atoms with van der Waals surface area (Å²) in [4.78, 5) is 14.7. The highest BCUT2D eigenvalue weighted by atomic mass is 28.4. The SMILES string of the molecule is COc1ccc(CN2C(=O)CC[C@H](O[Si](C)(C)C(C)(C)C)C2(O)COCc2ccccc2)cc1. The number of carbonyl (C=O) groups is 1. The zero-order valence-electron chi connectivity index (χ0n) is 21.3. The van der Waals surface area contributed by atoms with E-state index in [-0.39, 0.29) is 24.1 Å². The number of aliphatic hydroxyl groups is 1. The molecule has 34 heavy (non-hydrogen) atoms. The van der Waals surface area contributed by atoms with Crippen LogP contribution >= 0.6 is 0 Å². The van der Waals surface area contributed by atoms with Crippen molar-refractivity contribution in [3.8, 4) is 5.75 Å². The molecule has 1 saturated heterocycles. The summed E-state index contributed by atoms with van der Waals surface area (Å²) in [6.07, 6.45) is 0.270. The van der Waals surface area contributed by atoms with E-state index in [2.05, 4.69) is 33.9 Å². The van der Waals surface area contributed by atoms with E-state index in [1.807, 2.05) is 54.6 Å². The van der Waals surface area contributed by atoms with Gasteiger partial charge in [-0.2, -0.15) is 0 Å². The number of ether oxygens (including phenoxy) is 2. The minimum atomic E-state index is -2.21. The molecule has 2 atom stereocenters. The van der Waals surface area contributed by atoms with Gasteiger partial charge in [-0.25, -0.2) is 0 Å². The Balaban J connectivity index is 1.88. The lowest BCUT2D eigenvalue weighted by Gasteiger charge is -2.51. The fourth-order valence-electron chi connectivity index (χ4n) is 3.90. The molecule has 1 unspecified atom stereocenters. The van der Waals surface area contributed by atoms with Crippen molar-refractivity contribution < 1.29 is 23.8 Å². The average Bonchev–Trinajstić information content (AvgIpc) is 2.79. The minimum Gasteiger partial charge on any atom is -0.497 e. The predicted octanol–water partition coefficient (Wildman–Crippen LogP) is 5.11. The summed E-state index contributed by atoms with van der Waals surface area (Å²) < 4.78 is 18.0. The van der Waals surface area contributed by atoms with Crippen molar-refractivity contribution in [2.24, 2.45) is 0 Å². The van der Waals surface area contributed by atoms with Crippen LogP contribution in [0.15, 0.2) is 54.6 Å². The highest BCUT2D eigenvalue weighted by Crippen LogP contribution is 2.41. The standard InChI is InChI=1S/C27H39NO5Si/c1-26(2,3)34(5,6)33-24-16-17-25(29)28(18-21-12-14-23(31-4)15-13-21)27(24,30)20-32-19-22-10-8-7-9-11-22/h7-15,24,30H,16-20H2,1-6H3/t24-,27?/m0/s1. The van der Waals surface area contributed by atoms with Gasteiger partial charge in [0, 0.05) is 13.0 Å². The van der Waals surface area contributed by atoms with Crippen LogP contribution in [0.25, 0.3) is 0 Å². The van der Waals surface area contributed by atoms with Gasteiger partial charge in [-0.1, -0.05) is 63.2 Å². The second kappa shape index (κ2) is 10.6. The molecule has 1 aliphatic heterocycles. The van der Waals surface area contributed by atoms with Crippen LogP contribution in [0.4, 0.5) is 0 Å². The van der Waals surface area contributed by atoms with Crippen LogP contribution in [0, 0.1) is 0 Å². The Bertz CT molecular complexity index is 942. The lowest BCUT2D eigenvalue weighted by atomic mass is 9.94. The number of likely N-dealkylation sites (tertiary alicyclic amines) is 1. The molecule has 1 fully saturated rings. The number of amides is 1. The van der Waals surface area contributed by atoms with Crippen molar-refractivity contribution in [2.45, 2.75) is 76.7 Å². The Hall–Kier alpha value is -2.19. The van der Waals surface area contributed by atoms with E-state index in [9.17, 15) is 9.90 Å². The number of hydrogen-bond acceptors (Lipinski definition) is 5. The Kier molecular flexibility index (Phi) is 8.24. The second-order valence-electron chi connectivity index (χ2n) is 10.6. The van der Waals surface area contributed by atoms with Gasteiger partial charge in [-0.3, -0.25) is 4.79 Å². The molecule has 0 aliphatic carbocycles. The number of methoxy groups -OCH3 is 1. The fourth-order valence-corrected chi connectivity index (χ4v) is 5.27. The maximum Gasteiger partial charge on any atom is 0.225 e. The van der Waals surface area contributed by atoms with Crippen LogP contribution in [0.3, 0.4) is 0 Å². The molecule has 0 saturated carbocycles. The quantitative estimate of drug-likeness (QED) is 0.500. The topological polar surface area (TPSA) is 68.2 Å². The largest absolute Gasteiger partial charge is 0.497 e. The molecule has 0 spiro atoms. The van der Waals surface area contributed by atoms with E-state index in [0.29, 0.717) is 19.4 Å². The van der Waals surface area contributed by atoms with Crippen LogP contribution in [-0.2, 0) is 27.1 Å². The molecule has 0 aromatic heterocycles. The maximum absolute atomic E-state index is 13.1. The first-order valence-electron chi connectivity index (χ1n) is 11.9. The van der Waals surface area contributed by atoms with Gasteiger partial charge in [0.15, 0.2) is 14.0 Å². The summed E-state index contributed by atoms with van der Waals surface area (Å²) in [7, 11) is -0.591. The molecule has 2 aromatic rings. The summed E-state index contributed by atoms with van der Waals surface area (Å²) in [5.74, 6) is 0.644. The van der Waals surface area contributed by atoms with Gasteiger partial charge < -0.3 is 23.9 Å². The number of carbonyl (C=O) groups excluding carboxylic acids is 1. The molecule has 1 N–H and O–H groups in total. The lowest BCUT2D eigenvalue weighted by molar-refractivity contribution is -0.225. The Morgan fingerprint density at radius 3 is 2.29 bits per heavy atom. The molecule has 6 nitrogen and oxygen atoms in total. The molecule has 3 rings (SSSR count). The predicted molar refractivity (Wildman–Crippen MR) is 136 cm³/mol. The highest BCUT2D eigenvalue weighted by Gasteiger charge is 2.52. The Morgan fingerprint density at radius 2 is 1.71 bits per heavy atom. The van der Waals surface area contributed by atoms with Crippen LogP contribution in [0.1, 0.15) is 44.7 Å². The van der Waals surface area contributed by atoms with Crippen LogP contribution in [-0.4, -0.2) is 49.8 Å². The normalized spacial score (nSPS) is 21.6. The molecule has 0 bridgehead atoms. The van der Waals surface area contributed by atoms with Crippen LogP contribution in [0.5, 0.6) is 5.75 Å². The van der Waals surface area contributed by atoms with Crippen molar-refractivity contribution in [2.75, 3.05) is 13.7 Å². The van der Waals surface area contributed by atoms with E-state index in [1.165, 1.54) is 0 Å². The van der Waals surface area contributed by atoms with E-state index in [4.69, 9.17) is 13.9 Å². The summed E-state index contributed by atoms with van der Waals surface area (Å²) in [6.45, 7) is 11.5. The molecule has 2 aromatic carbocycles. The van der Waals surface area contributed by atoms with Gasteiger partial charge in [-0.15, -0.1) is 0 Å². The van der Waals surface area contributed by atoms with E-state index in [1.54, 1.807) is 12.0 Å². The van der Waals surface area contributed by atoms with Gasteiger partial charge in [0.1, 0.15) is 5.75 Å². The number of hydrogen-bond donors (Lipinski definition) is 1. The first-order valence-corrected chi connectivity index (χ1v) is 14.8. The van der Waals surface area contributed by atoms with Gasteiger partial charge in [0.25, 0.3) is 0 Å². The third-order valence-corrected chi connectivity index (χ3v) is 11.6. The zero-order valence-corrected chi connectivity index (χ0v) is 22.3. The number of nitrogens with zero attached hydrogens (tertiary/aromatic N) is 1. The first-order chi connectivity index (χ1) is 16.0. The lowest BCUT2D eigenvalue weighted by Crippen LogP contribution is -2.67. The van der Waals surface area contributed by atoms with Gasteiger partial charge in [0.05, 0.1) is 26.4 Å². The van der Waals surface area contributed by atoms with E-state index in [0.717, 1.165) is 16.9 Å². The average molecular weight is 486 g/mol. The first kappa shape index (κ1) is 26.4. The monoisotopic (exact) mass is 485 g/mol. The summed E-state index contributed by atoms with van der Waals surface area (Å²) in [6, 6.07) is 17.4. The van der Waals surface area contributed by atoms with Crippen molar-refractivity contribution in [1.29, 1.82) is 0 Å². The fraction of sp³-hybridized carbons (Fsp3) is 0.519. The Labute approximate surface area is 205 Å². The molecule has 0 radical (unpaired) electrons. The number of benzene rings is 2. The Morgan fingerprint density at radius 1 is 1.06 bits per heavy atom. The van der Waals surface area contributed by atoms with E-state index < -0.39 is 20.1 Å². The van der Waals surface area contributed by atoms with E-state index >= 15 is 0 Å². The smallest absolute Gasteiger partial charge is 0.225 e. The number of piperidine rings is 1.